The Balaban J connectivity index is 1.37. The van der Waals surface area contributed by atoms with E-state index in [4.69, 9.17) is 0 Å². The van der Waals surface area contributed by atoms with Gasteiger partial charge in [0.15, 0.2) is 0 Å². The van der Waals surface area contributed by atoms with Gasteiger partial charge in [0, 0.05) is 25.3 Å². The fourth-order valence-electron chi connectivity index (χ4n) is 3.17. The lowest BCUT2D eigenvalue weighted by Crippen LogP contribution is -2.36. The van der Waals surface area contributed by atoms with Crippen LogP contribution in [-0.2, 0) is 11.3 Å². The molecular weight excluding hydrogens is 312 g/mol. The second kappa shape index (κ2) is 8.62. The van der Waals surface area contributed by atoms with Crippen LogP contribution in [0.4, 0.5) is 5.82 Å². The number of likely N-dealkylation sites (tertiary alicyclic amines) is 1. The quantitative estimate of drug-likeness (QED) is 0.814. The number of nitrogens with one attached hydrogen (secondary N) is 2. The molecule has 1 aliphatic rings. The van der Waals surface area contributed by atoms with Crippen LogP contribution in [0.5, 0.6) is 0 Å². The number of amides is 1. The van der Waals surface area contributed by atoms with Crippen molar-refractivity contribution in [2.45, 2.75) is 19.9 Å². The van der Waals surface area contributed by atoms with Crippen LogP contribution in [0.2, 0.25) is 0 Å². The maximum absolute atomic E-state index is 12.1. The average molecular weight is 338 g/mol. The van der Waals surface area contributed by atoms with Gasteiger partial charge in [0.2, 0.25) is 5.91 Å². The topological polar surface area (TPSA) is 57.3 Å². The first kappa shape index (κ1) is 17.4. The van der Waals surface area contributed by atoms with E-state index < -0.39 is 0 Å². The largest absolute Gasteiger partial charge is 0.370 e. The normalized spacial score (nSPS) is 17.4. The molecule has 1 saturated heterocycles. The highest BCUT2D eigenvalue weighted by atomic mass is 16.2. The van der Waals surface area contributed by atoms with Gasteiger partial charge in [0.1, 0.15) is 5.82 Å². The molecule has 1 amide bonds. The van der Waals surface area contributed by atoms with Gasteiger partial charge >= 0.3 is 0 Å². The van der Waals surface area contributed by atoms with E-state index in [1.54, 1.807) is 0 Å². The van der Waals surface area contributed by atoms with E-state index in [2.05, 4.69) is 20.5 Å². The van der Waals surface area contributed by atoms with E-state index in [-0.39, 0.29) is 5.91 Å². The second-order valence-electron chi connectivity index (χ2n) is 6.70. The first-order valence-electron chi connectivity index (χ1n) is 8.89. The first-order valence-corrected chi connectivity index (χ1v) is 8.89. The summed E-state index contributed by atoms with van der Waals surface area (Å²) < 4.78 is 0. The number of hydrogen-bond acceptors (Lipinski definition) is 4. The molecule has 0 radical (unpaired) electrons. The Morgan fingerprint density at radius 3 is 2.84 bits per heavy atom. The number of benzene rings is 1. The molecule has 1 aromatic carbocycles. The molecule has 132 valence electrons. The highest BCUT2D eigenvalue weighted by molar-refractivity contribution is 5.78. The Bertz CT molecular complexity index is 689. The van der Waals surface area contributed by atoms with E-state index in [9.17, 15) is 4.79 Å². The first-order chi connectivity index (χ1) is 12.2. The summed E-state index contributed by atoms with van der Waals surface area (Å²) in [5.41, 5.74) is 2.15. The molecule has 5 heteroatoms. The molecule has 0 aliphatic carbocycles. The van der Waals surface area contributed by atoms with E-state index in [1.807, 2.05) is 55.5 Å². The standard InChI is InChI=1S/C20H26N4O/c1-16-6-5-9-19(23-16)21-13-18-10-11-24(14-18)15-20(25)22-12-17-7-3-2-4-8-17/h2-9,18H,10-15H2,1H3,(H,21,23)(H,22,25). The molecule has 2 aromatic rings. The number of anilines is 1. The summed E-state index contributed by atoms with van der Waals surface area (Å²) in [6.45, 7) is 5.91. The third-order valence-corrected chi connectivity index (χ3v) is 4.53. The van der Waals surface area contributed by atoms with Gasteiger partial charge in [-0.05, 0) is 43.5 Å². The number of hydrogen-bond donors (Lipinski definition) is 2. The number of aromatic nitrogens is 1. The summed E-state index contributed by atoms with van der Waals surface area (Å²) in [5.74, 6) is 1.58. The van der Waals surface area contributed by atoms with Gasteiger partial charge in [0.05, 0.1) is 6.54 Å². The Labute approximate surface area is 149 Å². The Morgan fingerprint density at radius 2 is 2.04 bits per heavy atom. The minimum absolute atomic E-state index is 0.0952. The fraction of sp³-hybridized carbons (Fsp3) is 0.400. The molecule has 1 aliphatic heterocycles. The minimum atomic E-state index is 0.0952. The van der Waals surface area contributed by atoms with Crippen molar-refractivity contribution in [2.75, 3.05) is 31.5 Å². The third kappa shape index (κ3) is 5.57. The molecule has 1 aromatic heterocycles. The molecule has 1 fully saturated rings. The lowest BCUT2D eigenvalue weighted by atomic mass is 10.1. The predicted octanol–water partition coefficient (Wildman–Crippen LogP) is 2.44. The van der Waals surface area contributed by atoms with Crippen LogP contribution in [0.25, 0.3) is 0 Å². The van der Waals surface area contributed by atoms with Crippen molar-refractivity contribution in [2.24, 2.45) is 5.92 Å². The van der Waals surface area contributed by atoms with Gasteiger partial charge < -0.3 is 10.6 Å². The molecule has 1 atom stereocenters. The Hall–Kier alpha value is -2.40. The average Bonchev–Trinajstić information content (AvgIpc) is 3.06. The van der Waals surface area contributed by atoms with Crippen molar-refractivity contribution in [3.8, 4) is 0 Å². The van der Waals surface area contributed by atoms with Crippen molar-refractivity contribution < 1.29 is 4.79 Å². The number of rotatable bonds is 7. The molecule has 2 N–H and O–H groups in total. The minimum Gasteiger partial charge on any atom is -0.370 e. The number of carbonyl (C=O) groups excluding carboxylic acids is 1. The highest BCUT2D eigenvalue weighted by Gasteiger charge is 2.23. The summed E-state index contributed by atoms with van der Waals surface area (Å²) in [5, 5.41) is 6.41. The molecule has 25 heavy (non-hydrogen) atoms. The summed E-state index contributed by atoms with van der Waals surface area (Å²) in [6.07, 6.45) is 1.12. The molecule has 1 unspecified atom stereocenters. The van der Waals surface area contributed by atoms with Crippen LogP contribution in [0.3, 0.4) is 0 Å². The van der Waals surface area contributed by atoms with Crippen molar-refractivity contribution in [3.63, 3.8) is 0 Å². The van der Waals surface area contributed by atoms with Crippen LogP contribution in [0, 0.1) is 12.8 Å². The van der Waals surface area contributed by atoms with Crippen LogP contribution in [0.15, 0.2) is 48.5 Å². The maximum Gasteiger partial charge on any atom is 0.234 e. The summed E-state index contributed by atoms with van der Waals surface area (Å²) >= 11 is 0. The van der Waals surface area contributed by atoms with E-state index in [0.29, 0.717) is 19.0 Å². The lowest BCUT2D eigenvalue weighted by Gasteiger charge is -2.16. The smallest absolute Gasteiger partial charge is 0.234 e. The van der Waals surface area contributed by atoms with E-state index >= 15 is 0 Å². The van der Waals surface area contributed by atoms with Crippen molar-refractivity contribution in [1.82, 2.24) is 15.2 Å². The SMILES string of the molecule is Cc1cccc(NCC2CCN(CC(=O)NCc3ccccc3)C2)n1. The van der Waals surface area contributed by atoms with E-state index in [1.165, 1.54) is 0 Å². The zero-order chi connectivity index (χ0) is 17.5. The van der Waals surface area contributed by atoms with Crippen molar-refractivity contribution >= 4 is 11.7 Å². The molecular formula is C20H26N4O. The summed E-state index contributed by atoms with van der Waals surface area (Å²) in [6, 6.07) is 16.0. The van der Waals surface area contributed by atoms with Gasteiger partial charge in [-0.15, -0.1) is 0 Å². The number of aryl methyl sites for hydroxylation is 1. The molecule has 3 rings (SSSR count). The van der Waals surface area contributed by atoms with Crippen molar-refractivity contribution in [3.05, 3.63) is 59.8 Å². The second-order valence-corrected chi connectivity index (χ2v) is 6.70. The van der Waals surface area contributed by atoms with Gasteiger partial charge in [-0.25, -0.2) is 4.98 Å². The fourth-order valence-corrected chi connectivity index (χ4v) is 3.17. The number of nitrogens with zero attached hydrogens (tertiary/aromatic N) is 2. The Kier molecular flexibility index (Phi) is 6.01. The van der Waals surface area contributed by atoms with Crippen molar-refractivity contribution in [1.29, 1.82) is 0 Å². The molecule has 5 nitrogen and oxygen atoms in total. The molecule has 0 saturated carbocycles. The number of pyridine rings is 1. The third-order valence-electron chi connectivity index (χ3n) is 4.53. The molecule has 0 spiro atoms. The number of carbonyl (C=O) groups is 1. The van der Waals surface area contributed by atoms with Crippen LogP contribution < -0.4 is 10.6 Å². The van der Waals surface area contributed by atoms with Gasteiger partial charge in [-0.3, -0.25) is 9.69 Å². The highest BCUT2D eigenvalue weighted by Crippen LogP contribution is 2.16. The predicted molar refractivity (Wildman–Crippen MR) is 100 cm³/mol. The molecule has 0 bridgehead atoms. The monoisotopic (exact) mass is 338 g/mol. The van der Waals surface area contributed by atoms with Gasteiger partial charge in [-0.2, -0.15) is 0 Å². The maximum atomic E-state index is 12.1. The van der Waals surface area contributed by atoms with E-state index in [0.717, 1.165) is 43.1 Å². The lowest BCUT2D eigenvalue weighted by molar-refractivity contribution is -0.122. The van der Waals surface area contributed by atoms with Gasteiger partial charge in [-0.1, -0.05) is 36.4 Å². The summed E-state index contributed by atoms with van der Waals surface area (Å²) in [7, 11) is 0. The zero-order valence-electron chi connectivity index (χ0n) is 14.7. The summed E-state index contributed by atoms with van der Waals surface area (Å²) in [4.78, 5) is 18.8. The van der Waals surface area contributed by atoms with Crippen LogP contribution >= 0.6 is 0 Å². The Morgan fingerprint density at radius 1 is 1.20 bits per heavy atom. The van der Waals surface area contributed by atoms with Crippen LogP contribution in [-0.4, -0.2) is 42.0 Å². The van der Waals surface area contributed by atoms with Crippen LogP contribution in [0.1, 0.15) is 17.7 Å². The zero-order valence-corrected chi connectivity index (χ0v) is 14.7. The molecule has 2 heterocycles. The van der Waals surface area contributed by atoms with Gasteiger partial charge in [0.25, 0.3) is 0 Å².